The topological polar surface area (TPSA) is 38.9 Å². The third-order valence-corrected chi connectivity index (χ3v) is 2.15. The number of nitrogens with two attached hydrogens (primary N) is 1. The fraction of sp³-hybridized carbons (Fsp3) is 0.375. The van der Waals surface area contributed by atoms with Gasteiger partial charge in [0.05, 0.1) is 10.6 Å². The number of hydrogen-bond donors (Lipinski definition) is 1. The number of halogens is 6. The Morgan fingerprint density at radius 1 is 1.38 bits per heavy atom. The zero-order valence-corrected chi connectivity index (χ0v) is 8.41. The highest BCUT2D eigenvalue weighted by molar-refractivity contribution is 6.31. The van der Waals surface area contributed by atoms with Crippen molar-refractivity contribution in [1.29, 1.82) is 0 Å². The first-order valence-electron chi connectivity index (χ1n) is 4.01. The predicted molar refractivity (Wildman–Crippen MR) is 47.1 cm³/mol. The van der Waals surface area contributed by atoms with Gasteiger partial charge >= 0.3 is 6.18 Å². The second-order valence-electron chi connectivity index (χ2n) is 2.85. The minimum atomic E-state index is -4.83. The summed E-state index contributed by atoms with van der Waals surface area (Å²) in [5, 5.41) is -0.739. The molecular formula is C8H6ClF5N2. The van der Waals surface area contributed by atoms with Gasteiger partial charge in [0.1, 0.15) is 5.69 Å². The van der Waals surface area contributed by atoms with Crippen LogP contribution in [0.25, 0.3) is 0 Å². The lowest BCUT2D eigenvalue weighted by Gasteiger charge is -2.15. The molecule has 1 rings (SSSR count). The largest absolute Gasteiger partial charge is 0.418 e. The summed E-state index contributed by atoms with van der Waals surface area (Å²) >= 11 is 5.29. The smallest absolute Gasteiger partial charge is 0.326 e. The predicted octanol–water partition coefficient (Wildman–Crippen LogP) is 3.15. The van der Waals surface area contributed by atoms with Gasteiger partial charge in [-0.3, -0.25) is 4.98 Å². The summed E-state index contributed by atoms with van der Waals surface area (Å²) in [6.07, 6.45) is -7.42. The second-order valence-corrected chi connectivity index (χ2v) is 3.25. The molecule has 1 aromatic rings. The molecule has 0 radical (unpaired) electrons. The molecule has 0 aliphatic carbocycles. The molecule has 0 unspecified atom stereocenters. The van der Waals surface area contributed by atoms with Crippen molar-refractivity contribution >= 4 is 11.6 Å². The van der Waals surface area contributed by atoms with E-state index in [0.29, 0.717) is 6.20 Å². The minimum Gasteiger partial charge on any atom is -0.326 e. The Morgan fingerprint density at radius 3 is 2.31 bits per heavy atom. The Balaban J connectivity index is 3.51. The molecule has 2 nitrogen and oxygen atoms in total. The van der Waals surface area contributed by atoms with E-state index in [4.69, 9.17) is 17.3 Å². The third kappa shape index (κ3) is 2.41. The lowest BCUT2D eigenvalue weighted by atomic mass is 10.1. The van der Waals surface area contributed by atoms with E-state index in [1.807, 2.05) is 0 Å². The van der Waals surface area contributed by atoms with E-state index in [9.17, 15) is 22.0 Å². The van der Waals surface area contributed by atoms with Crippen LogP contribution in [0.3, 0.4) is 0 Å². The molecule has 0 spiro atoms. The van der Waals surface area contributed by atoms with Gasteiger partial charge in [0.25, 0.3) is 6.43 Å². The maximum atomic E-state index is 12.5. The van der Waals surface area contributed by atoms with E-state index in [0.717, 1.165) is 0 Å². The van der Waals surface area contributed by atoms with Crippen molar-refractivity contribution in [3.63, 3.8) is 0 Å². The SMILES string of the molecule is NCc1c(C(F)F)ncc(Cl)c1C(F)(F)F. The molecule has 16 heavy (non-hydrogen) atoms. The normalized spacial score (nSPS) is 12.2. The molecule has 2 N–H and O–H groups in total. The van der Waals surface area contributed by atoms with E-state index >= 15 is 0 Å². The Kier molecular flexibility index (Phi) is 3.69. The van der Waals surface area contributed by atoms with Gasteiger partial charge in [0.15, 0.2) is 0 Å². The first-order chi connectivity index (χ1) is 7.29. The van der Waals surface area contributed by atoms with Crippen LogP contribution in [-0.2, 0) is 12.7 Å². The summed E-state index contributed by atoms with van der Waals surface area (Å²) in [5.74, 6) is 0. The highest BCUT2D eigenvalue weighted by Crippen LogP contribution is 2.39. The molecule has 1 aromatic heterocycles. The fourth-order valence-corrected chi connectivity index (χ4v) is 1.51. The molecule has 0 aliphatic rings. The van der Waals surface area contributed by atoms with Crippen molar-refractivity contribution in [3.8, 4) is 0 Å². The Bertz CT molecular complexity index is 391. The van der Waals surface area contributed by atoms with E-state index in [1.165, 1.54) is 0 Å². The maximum Gasteiger partial charge on any atom is 0.418 e. The van der Waals surface area contributed by atoms with E-state index in [1.54, 1.807) is 0 Å². The van der Waals surface area contributed by atoms with Crippen LogP contribution in [0.15, 0.2) is 6.20 Å². The average Bonchev–Trinajstić information content (AvgIpc) is 2.14. The highest BCUT2D eigenvalue weighted by atomic mass is 35.5. The number of hydrogen-bond acceptors (Lipinski definition) is 2. The number of alkyl halides is 5. The summed E-state index contributed by atoms with van der Waals surface area (Å²) in [7, 11) is 0. The maximum absolute atomic E-state index is 12.5. The lowest BCUT2D eigenvalue weighted by molar-refractivity contribution is -0.138. The van der Waals surface area contributed by atoms with Crippen LogP contribution < -0.4 is 5.73 Å². The quantitative estimate of drug-likeness (QED) is 0.830. The molecule has 0 amide bonds. The number of rotatable bonds is 2. The van der Waals surface area contributed by atoms with Gasteiger partial charge in [0.2, 0.25) is 0 Å². The van der Waals surface area contributed by atoms with Crippen LogP contribution in [0.2, 0.25) is 5.02 Å². The number of nitrogens with zero attached hydrogens (tertiary/aromatic N) is 1. The zero-order chi connectivity index (χ0) is 12.5. The summed E-state index contributed by atoms with van der Waals surface area (Å²) in [5.41, 5.74) is 1.92. The summed E-state index contributed by atoms with van der Waals surface area (Å²) in [6, 6.07) is 0. The summed E-state index contributed by atoms with van der Waals surface area (Å²) in [6.45, 7) is -0.706. The van der Waals surface area contributed by atoms with E-state index in [2.05, 4.69) is 4.98 Å². The average molecular weight is 261 g/mol. The van der Waals surface area contributed by atoms with Crippen LogP contribution in [0.4, 0.5) is 22.0 Å². The minimum absolute atomic E-state index is 0.547. The molecule has 0 aliphatic heterocycles. The molecule has 0 aromatic carbocycles. The molecular weight excluding hydrogens is 255 g/mol. The van der Waals surface area contributed by atoms with Crippen molar-refractivity contribution in [3.05, 3.63) is 28.0 Å². The monoisotopic (exact) mass is 260 g/mol. The van der Waals surface area contributed by atoms with Gasteiger partial charge in [-0.1, -0.05) is 11.6 Å². The van der Waals surface area contributed by atoms with Crippen molar-refractivity contribution in [2.24, 2.45) is 5.73 Å². The van der Waals surface area contributed by atoms with Gasteiger partial charge in [-0.25, -0.2) is 8.78 Å². The first kappa shape index (κ1) is 13.1. The number of aromatic nitrogens is 1. The Morgan fingerprint density at radius 2 is 1.94 bits per heavy atom. The lowest BCUT2D eigenvalue weighted by Crippen LogP contribution is -2.16. The molecule has 8 heteroatoms. The fourth-order valence-electron chi connectivity index (χ4n) is 1.24. The Hall–Kier alpha value is -0.950. The molecule has 0 atom stereocenters. The van der Waals surface area contributed by atoms with Crippen LogP contribution in [0.5, 0.6) is 0 Å². The molecule has 90 valence electrons. The first-order valence-corrected chi connectivity index (χ1v) is 4.39. The summed E-state index contributed by atoms with van der Waals surface area (Å²) in [4.78, 5) is 3.16. The third-order valence-electron chi connectivity index (χ3n) is 1.86. The van der Waals surface area contributed by atoms with E-state index in [-0.39, 0.29) is 0 Å². The van der Waals surface area contributed by atoms with Gasteiger partial charge in [-0.15, -0.1) is 0 Å². The molecule has 0 fully saturated rings. The van der Waals surface area contributed by atoms with Gasteiger partial charge < -0.3 is 5.73 Å². The van der Waals surface area contributed by atoms with Crippen LogP contribution in [0.1, 0.15) is 23.2 Å². The molecule has 0 saturated carbocycles. The molecule has 1 heterocycles. The van der Waals surface area contributed by atoms with Gasteiger partial charge in [-0.05, 0) is 0 Å². The van der Waals surface area contributed by atoms with Crippen molar-refractivity contribution in [2.45, 2.75) is 19.1 Å². The standard InChI is InChI=1S/C8H6ClF5N2/c9-4-2-16-6(7(10)11)3(1-15)5(4)8(12,13)14/h2,7H,1,15H2. The van der Waals surface area contributed by atoms with Gasteiger partial charge in [-0.2, -0.15) is 13.2 Å². The highest BCUT2D eigenvalue weighted by Gasteiger charge is 2.38. The number of pyridine rings is 1. The zero-order valence-electron chi connectivity index (χ0n) is 7.65. The van der Waals surface area contributed by atoms with Crippen molar-refractivity contribution < 1.29 is 22.0 Å². The van der Waals surface area contributed by atoms with Crippen LogP contribution in [0, 0.1) is 0 Å². The van der Waals surface area contributed by atoms with Gasteiger partial charge in [0, 0.05) is 18.3 Å². The van der Waals surface area contributed by atoms with Crippen LogP contribution in [-0.4, -0.2) is 4.98 Å². The van der Waals surface area contributed by atoms with Crippen molar-refractivity contribution in [2.75, 3.05) is 0 Å². The second kappa shape index (κ2) is 4.50. The summed E-state index contributed by atoms with van der Waals surface area (Å²) < 4.78 is 62.4. The molecule has 0 saturated heterocycles. The molecule has 0 bridgehead atoms. The van der Waals surface area contributed by atoms with Crippen molar-refractivity contribution in [1.82, 2.24) is 4.98 Å². The Labute approximate surface area is 92.2 Å². The van der Waals surface area contributed by atoms with E-state index < -0.39 is 41.0 Å². The van der Waals surface area contributed by atoms with Crippen LogP contribution >= 0.6 is 11.6 Å².